The molecular formula is C27H21N5O4S. The van der Waals surface area contributed by atoms with E-state index in [1.54, 1.807) is 0 Å². The number of pyridine rings is 1. The van der Waals surface area contributed by atoms with Crippen LogP contribution in [0, 0.1) is 22.7 Å². The van der Waals surface area contributed by atoms with E-state index in [2.05, 4.69) is 15.8 Å². The van der Waals surface area contributed by atoms with Crippen molar-refractivity contribution in [2.45, 2.75) is 30.0 Å². The minimum Gasteiger partial charge on any atom is -0.465 e. The number of hydrogen-bond donors (Lipinski definition) is 1. The number of thioether (sulfide) groups is 1. The number of esters is 1. The zero-order valence-corrected chi connectivity index (χ0v) is 20.8. The molecule has 4 rings (SSSR count). The molecule has 2 heterocycles. The van der Waals surface area contributed by atoms with Gasteiger partial charge in [-0.05, 0) is 41.8 Å². The highest BCUT2D eigenvalue weighted by molar-refractivity contribution is 8.00. The number of hydrogen-bond acceptors (Lipinski definition) is 9. The summed E-state index contributed by atoms with van der Waals surface area (Å²) in [5.41, 5.74) is 8.94. The Morgan fingerprint density at radius 1 is 1.11 bits per heavy atom. The van der Waals surface area contributed by atoms with Gasteiger partial charge in [-0.1, -0.05) is 43.0 Å². The third kappa shape index (κ3) is 4.75. The molecule has 1 aliphatic rings. The molecule has 0 saturated carbocycles. The lowest BCUT2D eigenvalue weighted by Crippen LogP contribution is -2.31. The number of aryl methyl sites for hydroxylation is 1. The summed E-state index contributed by atoms with van der Waals surface area (Å²) in [5, 5.41) is 19.1. The molecule has 10 heteroatoms. The van der Waals surface area contributed by atoms with Gasteiger partial charge in [0, 0.05) is 12.0 Å². The number of methoxy groups -OCH3 is 1. The number of nitrogens with zero attached hydrogens (tertiary/aromatic N) is 4. The van der Waals surface area contributed by atoms with Crippen LogP contribution in [0.4, 0.5) is 11.5 Å². The van der Waals surface area contributed by atoms with Crippen molar-refractivity contribution in [3.8, 4) is 23.3 Å². The molecule has 37 heavy (non-hydrogen) atoms. The Labute approximate surface area is 217 Å². The molecule has 0 bridgehead atoms. The Bertz CT molecular complexity index is 1490. The second-order valence-electron chi connectivity index (χ2n) is 8.12. The fourth-order valence-corrected chi connectivity index (χ4v) is 5.16. The van der Waals surface area contributed by atoms with E-state index in [4.69, 9.17) is 5.73 Å². The number of amides is 2. The molecule has 1 aromatic heterocycles. The number of carbonyl (C=O) groups excluding carboxylic acids is 3. The second-order valence-corrected chi connectivity index (χ2v) is 9.31. The molecule has 1 aliphatic heterocycles. The lowest BCUT2D eigenvalue weighted by molar-refractivity contribution is -0.121. The van der Waals surface area contributed by atoms with Crippen molar-refractivity contribution in [1.82, 2.24) is 4.98 Å². The highest BCUT2D eigenvalue weighted by Crippen LogP contribution is 2.40. The summed E-state index contributed by atoms with van der Waals surface area (Å²) >= 11 is 0.965. The lowest BCUT2D eigenvalue weighted by atomic mass is 9.96. The molecule has 0 radical (unpaired) electrons. The number of ether oxygens (including phenoxy) is 1. The number of rotatable bonds is 6. The predicted molar refractivity (Wildman–Crippen MR) is 137 cm³/mol. The standard InChI is InChI=1S/C27H21N5O4S/c1-3-15-4-6-16(7-5-15)23-19(13-28)24(30)31-25(20(23)14-29)37-21-12-22(33)32(26(21)34)18-10-8-17(9-11-18)27(35)36-2/h4-11,21H,3,12H2,1-2H3,(H2,30,31). The average Bonchev–Trinajstić information content (AvgIpc) is 3.20. The van der Waals surface area contributed by atoms with Gasteiger partial charge in [-0.15, -0.1) is 0 Å². The Balaban J connectivity index is 1.69. The first-order valence-electron chi connectivity index (χ1n) is 11.3. The Hall–Kier alpha value is -4.67. The van der Waals surface area contributed by atoms with Crippen LogP contribution in [-0.4, -0.2) is 35.1 Å². The van der Waals surface area contributed by atoms with Crippen LogP contribution in [0.3, 0.4) is 0 Å². The van der Waals surface area contributed by atoms with E-state index in [9.17, 15) is 24.9 Å². The molecule has 1 saturated heterocycles. The maximum atomic E-state index is 13.2. The number of nitrogens with two attached hydrogens (primary N) is 1. The van der Waals surface area contributed by atoms with E-state index < -0.39 is 23.0 Å². The van der Waals surface area contributed by atoms with E-state index in [-0.39, 0.29) is 34.0 Å². The quantitative estimate of drug-likeness (QED) is 0.384. The van der Waals surface area contributed by atoms with Crippen molar-refractivity contribution in [2.75, 3.05) is 17.7 Å². The summed E-state index contributed by atoms with van der Waals surface area (Å²) in [4.78, 5) is 43.0. The van der Waals surface area contributed by atoms with Crippen LogP contribution in [0.25, 0.3) is 11.1 Å². The van der Waals surface area contributed by atoms with Crippen molar-refractivity contribution >= 4 is 41.1 Å². The van der Waals surface area contributed by atoms with E-state index in [1.807, 2.05) is 37.3 Å². The number of nitrogen functional groups attached to an aromatic ring is 1. The van der Waals surface area contributed by atoms with E-state index in [0.717, 1.165) is 28.6 Å². The SMILES string of the molecule is CCc1ccc(-c2c(C#N)c(N)nc(SC3CC(=O)N(c4ccc(C(=O)OC)cc4)C3=O)c2C#N)cc1. The Morgan fingerprint density at radius 2 is 1.76 bits per heavy atom. The smallest absolute Gasteiger partial charge is 0.337 e. The van der Waals surface area contributed by atoms with E-state index >= 15 is 0 Å². The van der Waals surface area contributed by atoms with Crippen molar-refractivity contribution in [1.29, 1.82) is 10.5 Å². The van der Waals surface area contributed by atoms with Crippen LogP contribution in [0.5, 0.6) is 0 Å². The fourth-order valence-electron chi connectivity index (χ4n) is 4.05. The van der Waals surface area contributed by atoms with Crippen LogP contribution in [0.2, 0.25) is 0 Å². The van der Waals surface area contributed by atoms with Crippen molar-refractivity contribution in [2.24, 2.45) is 0 Å². The molecular weight excluding hydrogens is 490 g/mol. The summed E-state index contributed by atoms with van der Waals surface area (Å²) in [6, 6.07) is 17.5. The summed E-state index contributed by atoms with van der Waals surface area (Å²) in [6.45, 7) is 2.02. The third-order valence-electron chi connectivity index (χ3n) is 5.97. The number of aromatic nitrogens is 1. The number of anilines is 2. The van der Waals surface area contributed by atoms with E-state index in [0.29, 0.717) is 16.8 Å². The first-order valence-corrected chi connectivity index (χ1v) is 12.2. The normalized spacial score (nSPS) is 14.8. The molecule has 0 spiro atoms. The summed E-state index contributed by atoms with van der Waals surface area (Å²) < 4.78 is 4.67. The van der Waals surface area contributed by atoms with Gasteiger partial charge >= 0.3 is 5.97 Å². The van der Waals surface area contributed by atoms with Crippen LogP contribution >= 0.6 is 11.8 Å². The number of imide groups is 1. The van der Waals surface area contributed by atoms with E-state index in [1.165, 1.54) is 31.4 Å². The van der Waals surface area contributed by atoms with Gasteiger partial charge in [-0.2, -0.15) is 10.5 Å². The van der Waals surface area contributed by atoms with Gasteiger partial charge < -0.3 is 10.5 Å². The molecule has 1 unspecified atom stereocenters. The molecule has 1 atom stereocenters. The molecule has 2 N–H and O–H groups in total. The molecule has 2 aromatic carbocycles. The highest BCUT2D eigenvalue weighted by atomic mass is 32.2. The summed E-state index contributed by atoms with van der Waals surface area (Å²) in [6.07, 6.45) is 0.713. The van der Waals surface area contributed by atoms with Gasteiger partial charge in [-0.25, -0.2) is 14.7 Å². The minimum absolute atomic E-state index is 0.0643. The first-order chi connectivity index (χ1) is 17.8. The van der Waals surface area contributed by atoms with Gasteiger partial charge in [-0.3, -0.25) is 9.59 Å². The topological polar surface area (TPSA) is 150 Å². The van der Waals surface area contributed by atoms with Crippen molar-refractivity contribution in [3.63, 3.8) is 0 Å². The minimum atomic E-state index is -0.852. The third-order valence-corrected chi connectivity index (χ3v) is 7.14. The van der Waals surface area contributed by atoms with Crippen molar-refractivity contribution < 1.29 is 19.1 Å². The maximum Gasteiger partial charge on any atom is 0.337 e. The highest BCUT2D eigenvalue weighted by Gasteiger charge is 2.41. The lowest BCUT2D eigenvalue weighted by Gasteiger charge is -2.16. The average molecular weight is 512 g/mol. The fraction of sp³-hybridized carbons (Fsp3) is 0.185. The molecule has 0 aliphatic carbocycles. The monoisotopic (exact) mass is 511 g/mol. The molecule has 2 amide bonds. The zero-order chi connectivity index (χ0) is 26.7. The van der Waals surface area contributed by atoms with Crippen LogP contribution in [0.1, 0.15) is 40.4 Å². The number of carbonyl (C=O) groups is 3. The van der Waals surface area contributed by atoms with Crippen LogP contribution in [0.15, 0.2) is 53.6 Å². The maximum absolute atomic E-state index is 13.2. The van der Waals surface area contributed by atoms with Crippen LogP contribution < -0.4 is 10.6 Å². The van der Waals surface area contributed by atoms with Gasteiger partial charge in [0.15, 0.2) is 0 Å². The molecule has 1 fully saturated rings. The molecule has 9 nitrogen and oxygen atoms in total. The largest absolute Gasteiger partial charge is 0.465 e. The second kappa shape index (κ2) is 10.5. The summed E-state index contributed by atoms with van der Waals surface area (Å²) in [7, 11) is 1.26. The Morgan fingerprint density at radius 3 is 2.32 bits per heavy atom. The van der Waals surface area contributed by atoms with Gasteiger partial charge in [0.2, 0.25) is 11.8 Å². The van der Waals surface area contributed by atoms with Crippen LogP contribution in [-0.2, 0) is 20.7 Å². The first kappa shape index (κ1) is 25.4. The number of benzene rings is 2. The zero-order valence-electron chi connectivity index (χ0n) is 20.0. The van der Waals surface area contributed by atoms with Crippen molar-refractivity contribution in [3.05, 3.63) is 70.8 Å². The molecule has 3 aromatic rings. The van der Waals surface area contributed by atoms with Gasteiger partial charge in [0.05, 0.1) is 29.2 Å². The van der Waals surface area contributed by atoms with Gasteiger partial charge in [0.25, 0.3) is 0 Å². The predicted octanol–water partition coefficient (Wildman–Crippen LogP) is 3.85. The summed E-state index contributed by atoms with van der Waals surface area (Å²) in [5.74, 6) is -1.51. The molecule has 184 valence electrons. The Kier molecular flexibility index (Phi) is 7.23. The number of nitriles is 2. The van der Waals surface area contributed by atoms with Gasteiger partial charge in [0.1, 0.15) is 28.5 Å².